The van der Waals surface area contributed by atoms with Crippen molar-refractivity contribution in [3.63, 3.8) is 0 Å². The molecule has 0 saturated carbocycles. The third kappa shape index (κ3) is 2.89. The second kappa shape index (κ2) is 6.32. The molecular formula is C16H20N6O. The lowest BCUT2D eigenvalue weighted by atomic mass is 9.96. The molecule has 0 spiro atoms. The minimum atomic E-state index is 0.197. The first kappa shape index (κ1) is 15.4. The van der Waals surface area contributed by atoms with Gasteiger partial charge in [-0.1, -0.05) is 12.1 Å². The zero-order valence-corrected chi connectivity index (χ0v) is 13.7. The van der Waals surface area contributed by atoms with Crippen LogP contribution in [0, 0.1) is 25.2 Å². The number of rotatable bonds is 3. The van der Waals surface area contributed by atoms with Crippen LogP contribution < -0.4 is 4.90 Å². The van der Waals surface area contributed by atoms with Gasteiger partial charge in [0, 0.05) is 25.4 Å². The molecule has 7 nitrogen and oxygen atoms in total. The van der Waals surface area contributed by atoms with Gasteiger partial charge in [-0.3, -0.25) is 0 Å². The van der Waals surface area contributed by atoms with Crippen LogP contribution in [0.5, 0.6) is 0 Å². The summed E-state index contributed by atoms with van der Waals surface area (Å²) in [6, 6.07) is 2.28. The highest BCUT2D eigenvalue weighted by atomic mass is 16.5. The molecule has 0 N–H and O–H groups in total. The van der Waals surface area contributed by atoms with Crippen LogP contribution in [-0.2, 0) is 6.42 Å². The van der Waals surface area contributed by atoms with Gasteiger partial charge in [0.2, 0.25) is 5.89 Å². The topological polar surface area (TPSA) is 91.7 Å². The first-order chi connectivity index (χ1) is 11.1. The van der Waals surface area contributed by atoms with Gasteiger partial charge in [0.15, 0.2) is 11.6 Å². The van der Waals surface area contributed by atoms with Gasteiger partial charge >= 0.3 is 0 Å². The molecule has 1 fully saturated rings. The van der Waals surface area contributed by atoms with Crippen LogP contribution in [0.1, 0.15) is 54.2 Å². The fraction of sp³-hybridized carbons (Fsp3) is 0.562. The normalized spacial score (nSPS) is 18.0. The average Bonchev–Trinajstić information content (AvgIpc) is 3.06. The largest absolute Gasteiger partial charge is 0.353 e. The smallest absolute Gasteiger partial charge is 0.226 e. The summed E-state index contributed by atoms with van der Waals surface area (Å²) in [5.74, 6) is 2.28. The van der Waals surface area contributed by atoms with E-state index in [0.717, 1.165) is 49.4 Å². The van der Waals surface area contributed by atoms with E-state index >= 15 is 0 Å². The van der Waals surface area contributed by atoms with E-state index in [1.807, 2.05) is 20.8 Å². The molecule has 120 valence electrons. The fourth-order valence-electron chi connectivity index (χ4n) is 2.91. The molecule has 0 unspecified atom stereocenters. The van der Waals surface area contributed by atoms with Crippen molar-refractivity contribution in [3.05, 3.63) is 28.5 Å². The highest BCUT2D eigenvalue weighted by Gasteiger charge is 2.28. The number of aromatic nitrogens is 4. The average molecular weight is 312 g/mol. The Bertz CT molecular complexity index is 748. The SMILES string of the molecule is CCc1nc([C@H]2CCCN(c3nnc(C)c(C)c3C#N)C2)no1. The van der Waals surface area contributed by atoms with E-state index in [-0.39, 0.29) is 5.92 Å². The summed E-state index contributed by atoms with van der Waals surface area (Å²) in [6.45, 7) is 7.38. The highest BCUT2D eigenvalue weighted by molar-refractivity contribution is 5.57. The van der Waals surface area contributed by atoms with E-state index in [9.17, 15) is 5.26 Å². The Morgan fingerprint density at radius 3 is 2.87 bits per heavy atom. The molecule has 1 saturated heterocycles. The zero-order chi connectivity index (χ0) is 16.4. The Morgan fingerprint density at radius 2 is 2.17 bits per heavy atom. The van der Waals surface area contributed by atoms with Crippen molar-refractivity contribution in [3.8, 4) is 6.07 Å². The monoisotopic (exact) mass is 312 g/mol. The van der Waals surface area contributed by atoms with E-state index < -0.39 is 0 Å². The van der Waals surface area contributed by atoms with Crippen molar-refractivity contribution in [1.29, 1.82) is 5.26 Å². The molecule has 0 radical (unpaired) electrons. The molecule has 3 rings (SSSR count). The minimum Gasteiger partial charge on any atom is -0.353 e. The molecule has 1 atom stereocenters. The lowest BCUT2D eigenvalue weighted by Gasteiger charge is -2.32. The van der Waals surface area contributed by atoms with Crippen molar-refractivity contribution in [2.45, 2.75) is 46.0 Å². The van der Waals surface area contributed by atoms with Crippen molar-refractivity contribution >= 4 is 5.82 Å². The van der Waals surface area contributed by atoms with Crippen molar-refractivity contribution in [1.82, 2.24) is 20.3 Å². The summed E-state index contributed by atoms with van der Waals surface area (Å²) < 4.78 is 5.23. The summed E-state index contributed by atoms with van der Waals surface area (Å²) in [4.78, 5) is 6.57. The summed E-state index contributed by atoms with van der Waals surface area (Å²) >= 11 is 0. The predicted molar refractivity (Wildman–Crippen MR) is 84.1 cm³/mol. The van der Waals surface area contributed by atoms with Crippen LogP contribution in [0.4, 0.5) is 5.82 Å². The Morgan fingerprint density at radius 1 is 1.35 bits per heavy atom. The molecule has 1 aliphatic rings. The van der Waals surface area contributed by atoms with Gasteiger partial charge < -0.3 is 9.42 Å². The van der Waals surface area contributed by atoms with E-state index in [2.05, 4.69) is 31.3 Å². The maximum Gasteiger partial charge on any atom is 0.226 e. The standard InChI is InChI=1S/C16H20N6O/c1-4-14-18-15(21-23-14)12-6-5-7-22(9-12)16-13(8-17)10(2)11(3)19-20-16/h12H,4-7,9H2,1-3H3/t12-/m0/s1. The summed E-state index contributed by atoms with van der Waals surface area (Å²) in [7, 11) is 0. The fourth-order valence-corrected chi connectivity index (χ4v) is 2.91. The molecule has 7 heteroatoms. The number of hydrogen-bond donors (Lipinski definition) is 0. The lowest BCUT2D eigenvalue weighted by molar-refractivity contribution is 0.368. The maximum absolute atomic E-state index is 9.49. The molecule has 0 bridgehead atoms. The quantitative estimate of drug-likeness (QED) is 0.858. The number of anilines is 1. The van der Waals surface area contributed by atoms with Crippen molar-refractivity contribution < 1.29 is 4.52 Å². The van der Waals surface area contributed by atoms with Gasteiger partial charge in [-0.25, -0.2) is 0 Å². The van der Waals surface area contributed by atoms with E-state index in [1.54, 1.807) is 0 Å². The molecule has 3 heterocycles. The van der Waals surface area contributed by atoms with Gasteiger partial charge in [0.05, 0.1) is 5.69 Å². The molecule has 2 aromatic rings. The van der Waals surface area contributed by atoms with Gasteiger partial charge in [-0.2, -0.15) is 15.3 Å². The minimum absolute atomic E-state index is 0.197. The Kier molecular flexibility index (Phi) is 4.24. The predicted octanol–water partition coefficient (Wildman–Crippen LogP) is 2.29. The Labute approximate surface area is 135 Å². The molecular weight excluding hydrogens is 292 g/mol. The van der Waals surface area contributed by atoms with Crippen LogP contribution in [-0.4, -0.2) is 33.4 Å². The summed E-state index contributed by atoms with van der Waals surface area (Å²) in [6.07, 6.45) is 2.75. The number of hydrogen-bond acceptors (Lipinski definition) is 7. The third-order valence-electron chi connectivity index (χ3n) is 4.42. The van der Waals surface area contributed by atoms with Crippen LogP contribution in [0.15, 0.2) is 4.52 Å². The van der Waals surface area contributed by atoms with Crippen molar-refractivity contribution in [2.75, 3.05) is 18.0 Å². The lowest BCUT2D eigenvalue weighted by Crippen LogP contribution is -2.36. The second-order valence-electron chi connectivity index (χ2n) is 5.91. The van der Waals surface area contributed by atoms with Crippen LogP contribution in [0.25, 0.3) is 0 Å². The van der Waals surface area contributed by atoms with E-state index in [0.29, 0.717) is 17.3 Å². The van der Waals surface area contributed by atoms with E-state index in [1.165, 1.54) is 0 Å². The number of piperidine rings is 1. The van der Waals surface area contributed by atoms with Crippen LogP contribution >= 0.6 is 0 Å². The Hall–Kier alpha value is -2.49. The molecule has 1 aliphatic heterocycles. The van der Waals surface area contributed by atoms with Crippen molar-refractivity contribution in [2.24, 2.45) is 0 Å². The Balaban J connectivity index is 1.87. The number of nitriles is 1. The first-order valence-electron chi connectivity index (χ1n) is 7.95. The van der Waals surface area contributed by atoms with Crippen LogP contribution in [0.3, 0.4) is 0 Å². The van der Waals surface area contributed by atoms with E-state index in [4.69, 9.17) is 4.52 Å². The second-order valence-corrected chi connectivity index (χ2v) is 5.91. The van der Waals surface area contributed by atoms with Gasteiger partial charge in [0.1, 0.15) is 11.6 Å². The van der Waals surface area contributed by atoms with Gasteiger partial charge in [-0.05, 0) is 32.3 Å². The molecule has 0 aromatic carbocycles. The number of nitrogens with zero attached hydrogens (tertiary/aromatic N) is 6. The molecule has 0 amide bonds. The highest BCUT2D eigenvalue weighted by Crippen LogP contribution is 2.30. The van der Waals surface area contributed by atoms with Crippen LogP contribution in [0.2, 0.25) is 0 Å². The van der Waals surface area contributed by atoms with Gasteiger partial charge in [0.25, 0.3) is 0 Å². The summed E-state index contributed by atoms with van der Waals surface area (Å²) in [5.41, 5.74) is 2.30. The first-order valence-corrected chi connectivity index (χ1v) is 7.95. The zero-order valence-electron chi connectivity index (χ0n) is 13.7. The molecule has 2 aromatic heterocycles. The molecule has 23 heavy (non-hydrogen) atoms. The summed E-state index contributed by atoms with van der Waals surface area (Å²) in [5, 5.41) is 22.0. The maximum atomic E-state index is 9.49. The third-order valence-corrected chi connectivity index (χ3v) is 4.42. The van der Waals surface area contributed by atoms with Gasteiger partial charge in [-0.15, -0.1) is 5.10 Å². The number of aryl methyl sites for hydroxylation is 2. The molecule has 0 aliphatic carbocycles.